The van der Waals surface area contributed by atoms with Crippen LogP contribution in [0.1, 0.15) is 26.3 Å². The molecule has 144 valence electrons. The molecular weight excluding hydrogens is 382 g/mol. The van der Waals surface area contributed by atoms with E-state index in [1.807, 2.05) is 0 Å². The number of carbonyl (C=O) groups is 2. The largest absolute Gasteiger partial charge is 0.444 e. The van der Waals surface area contributed by atoms with Crippen LogP contribution >= 0.6 is 23.4 Å². The van der Waals surface area contributed by atoms with Gasteiger partial charge < -0.3 is 15.4 Å². The summed E-state index contributed by atoms with van der Waals surface area (Å²) in [7, 11) is 0. The minimum absolute atomic E-state index is 0.0452. The highest BCUT2D eigenvalue weighted by atomic mass is 35.5. The van der Waals surface area contributed by atoms with Crippen LogP contribution in [-0.4, -0.2) is 40.7 Å². The number of hydrogen-bond donors (Lipinski definition) is 2. The number of ether oxygens (including phenoxy) is 1. The van der Waals surface area contributed by atoms with Gasteiger partial charge in [0.25, 0.3) is 5.69 Å². The molecule has 26 heavy (non-hydrogen) atoms. The zero-order valence-corrected chi connectivity index (χ0v) is 16.4. The quantitative estimate of drug-likeness (QED) is 0.298. The Morgan fingerprint density at radius 3 is 2.58 bits per heavy atom. The fourth-order valence-electron chi connectivity index (χ4n) is 1.77. The van der Waals surface area contributed by atoms with Gasteiger partial charge in [0.15, 0.2) is 0 Å². The molecule has 0 saturated carbocycles. The Morgan fingerprint density at radius 1 is 1.31 bits per heavy atom. The van der Waals surface area contributed by atoms with Crippen molar-refractivity contribution in [1.82, 2.24) is 10.6 Å². The minimum atomic E-state index is -0.645. The number of alkyl carbamates (subject to hydrolysis) is 1. The van der Waals surface area contributed by atoms with Crippen molar-refractivity contribution in [2.24, 2.45) is 0 Å². The van der Waals surface area contributed by atoms with Crippen molar-refractivity contribution in [2.75, 3.05) is 18.2 Å². The van der Waals surface area contributed by atoms with Gasteiger partial charge in [-0.2, -0.15) is 0 Å². The van der Waals surface area contributed by atoms with E-state index < -0.39 is 16.6 Å². The molecule has 8 nitrogen and oxygen atoms in total. The molecule has 0 radical (unpaired) electrons. The summed E-state index contributed by atoms with van der Waals surface area (Å²) < 4.78 is 5.02. The van der Waals surface area contributed by atoms with Gasteiger partial charge in [0.05, 0.1) is 15.8 Å². The number of benzene rings is 1. The van der Waals surface area contributed by atoms with Gasteiger partial charge in [0.2, 0.25) is 5.91 Å². The van der Waals surface area contributed by atoms with Crippen LogP contribution in [0.4, 0.5) is 10.5 Å². The normalized spacial score (nSPS) is 10.9. The second-order valence-electron chi connectivity index (χ2n) is 6.29. The first-order valence-corrected chi connectivity index (χ1v) is 9.36. The number of nitro benzene ring substituents is 1. The highest BCUT2D eigenvalue weighted by Gasteiger charge is 2.16. The van der Waals surface area contributed by atoms with Crippen molar-refractivity contribution in [2.45, 2.75) is 32.8 Å². The van der Waals surface area contributed by atoms with Crippen LogP contribution in [0.5, 0.6) is 0 Å². The predicted octanol–water partition coefficient (Wildman–Crippen LogP) is 3.12. The van der Waals surface area contributed by atoms with Gasteiger partial charge in [-0.15, -0.1) is 11.8 Å². The monoisotopic (exact) mass is 403 g/mol. The van der Waals surface area contributed by atoms with Crippen molar-refractivity contribution < 1.29 is 19.2 Å². The maximum Gasteiger partial charge on any atom is 0.408 e. The van der Waals surface area contributed by atoms with Gasteiger partial charge in [-0.05, 0) is 38.5 Å². The predicted molar refractivity (Wildman–Crippen MR) is 102 cm³/mol. The van der Waals surface area contributed by atoms with Gasteiger partial charge in [-0.25, -0.2) is 4.79 Å². The Labute approximate surface area is 161 Å². The molecule has 0 spiro atoms. The molecule has 0 aliphatic heterocycles. The number of nitrogens with zero attached hydrogens (tertiary/aromatic N) is 1. The van der Waals surface area contributed by atoms with E-state index in [0.717, 1.165) is 5.56 Å². The Balaban J connectivity index is 2.21. The van der Waals surface area contributed by atoms with Crippen LogP contribution in [0, 0.1) is 10.1 Å². The molecular formula is C16H22ClN3O5S. The number of thioether (sulfide) groups is 1. The van der Waals surface area contributed by atoms with E-state index in [0.29, 0.717) is 23.1 Å². The number of nitrogens with one attached hydrogen (secondary N) is 2. The molecule has 1 rings (SSSR count). The fourth-order valence-corrected chi connectivity index (χ4v) is 2.81. The first kappa shape index (κ1) is 22.0. The molecule has 0 unspecified atom stereocenters. The number of halogens is 1. The molecule has 0 aliphatic carbocycles. The third-order valence-corrected chi connectivity index (χ3v) is 4.12. The van der Waals surface area contributed by atoms with Gasteiger partial charge in [-0.3, -0.25) is 14.9 Å². The average molecular weight is 404 g/mol. The van der Waals surface area contributed by atoms with Crippen molar-refractivity contribution in [1.29, 1.82) is 0 Å². The van der Waals surface area contributed by atoms with Gasteiger partial charge in [0.1, 0.15) is 12.1 Å². The molecule has 1 aromatic rings. The third kappa shape index (κ3) is 8.91. The molecule has 0 bridgehead atoms. The number of amides is 2. The molecule has 0 aliphatic rings. The van der Waals surface area contributed by atoms with Crippen molar-refractivity contribution in [3.8, 4) is 0 Å². The molecule has 0 heterocycles. The molecule has 0 atom stereocenters. The molecule has 2 N–H and O–H groups in total. The molecule has 2 amide bonds. The standard InChI is InChI=1S/C16H22ClN3O5S/c1-16(2,3)25-15(22)18-9-14(21)19-10-26-7-6-11-4-5-12(20(23)24)8-13(11)17/h4-5,8H,6-7,9-10H2,1-3H3,(H,18,22)(H,19,21). The summed E-state index contributed by atoms with van der Waals surface area (Å²) in [5.41, 5.74) is 0.147. The SMILES string of the molecule is CC(C)(C)OC(=O)NCC(=O)NCSCCc1ccc([N+](=O)[O-])cc1Cl. The van der Waals surface area contributed by atoms with E-state index in [-0.39, 0.29) is 18.1 Å². The van der Waals surface area contributed by atoms with Crippen LogP contribution in [0.3, 0.4) is 0 Å². The topological polar surface area (TPSA) is 111 Å². The van der Waals surface area contributed by atoms with Crippen molar-refractivity contribution in [3.05, 3.63) is 38.9 Å². The van der Waals surface area contributed by atoms with Crippen molar-refractivity contribution >= 4 is 41.1 Å². The maximum atomic E-state index is 11.6. The highest BCUT2D eigenvalue weighted by Crippen LogP contribution is 2.23. The average Bonchev–Trinajstić information content (AvgIpc) is 2.52. The lowest BCUT2D eigenvalue weighted by molar-refractivity contribution is -0.384. The Kier molecular flexibility index (Phi) is 8.67. The van der Waals surface area contributed by atoms with Crippen LogP contribution in [0.15, 0.2) is 18.2 Å². The van der Waals surface area contributed by atoms with E-state index in [2.05, 4.69) is 10.6 Å². The summed E-state index contributed by atoms with van der Waals surface area (Å²) in [6.45, 7) is 5.05. The fraction of sp³-hybridized carbons (Fsp3) is 0.500. The summed E-state index contributed by atoms with van der Waals surface area (Å²) >= 11 is 7.49. The lowest BCUT2D eigenvalue weighted by Crippen LogP contribution is -2.39. The molecule has 0 saturated heterocycles. The lowest BCUT2D eigenvalue weighted by atomic mass is 10.1. The molecule has 0 fully saturated rings. The Hall–Kier alpha value is -2.00. The van der Waals surface area contributed by atoms with Crippen LogP contribution in [-0.2, 0) is 16.0 Å². The second kappa shape index (κ2) is 10.2. The van der Waals surface area contributed by atoms with E-state index in [1.165, 1.54) is 23.9 Å². The number of hydrogen-bond acceptors (Lipinski definition) is 6. The number of carbonyl (C=O) groups excluding carboxylic acids is 2. The summed E-state index contributed by atoms with van der Waals surface area (Å²) in [6, 6.07) is 4.37. The van der Waals surface area contributed by atoms with Crippen LogP contribution < -0.4 is 10.6 Å². The third-order valence-electron chi connectivity index (χ3n) is 2.93. The molecule has 1 aromatic carbocycles. The summed E-state index contributed by atoms with van der Waals surface area (Å²) in [5, 5.41) is 16.0. The zero-order chi connectivity index (χ0) is 19.7. The number of aryl methyl sites for hydroxylation is 1. The van der Waals surface area contributed by atoms with E-state index in [1.54, 1.807) is 26.8 Å². The summed E-state index contributed by atoms with van der Waals surface area (Å²) in [5.74, 6) is 0.730. The molecule has 10 heteroatoms. The first-order chi connectivity index (χ1) is 12.1. The zero-order valence-electron chi connectivity index (χ0n) is 14.8. The van der Waals surface area contributed by atoms with E-state index >= 15 is 0 Å². The van der Waals surface area contributed by atoms with Crippen LogP contribution in [0.25, 0.3) is 0 Å². The van der Waals surface area contributed by atoms with Gasteiger partial charge in [-0.1, -0.05) is 17.7 Å². The lowest BCUT2D eigenvalue weighted by Gasteiger charge is -2.19. The summed E-state index contributed by atoms with van der Waals surface area (Å²) in [4.78, 5) is 33.2. The number of non-ortho nitro benzene ring substituents is 1. The van der Waals surface area contributed by atoms with Crippen LogP contribution in [0.2, 0.25) is 5.02 Å². The number of nitro groups is 1. The van der Waals surface area contributed by atoms with E-state index in [4.69, 9.17) is 16.3 Å². The maximum absolute atomic E-state index is 11.6. The highest BCUT2D eigenvalue weighted by molar-refractivity contribution is 7.99. The Morgan fingerprint density at radius 2 is 2.00 bits per heavy atom. The van der Waals surface area contributed by atoms with E-state index in [9.17, 15) is 19.7 Å². The molecule has 0 aromatic heterocycles. The number of rotatable bonds is 8. The minimum Gasteiger partial charge on any atom is -0.444 e. The first-order valence-electron chi connectivity index (χ1n) is 7.82. The van der Waals surface area contributed by atoms with Gasteiger partial charge in [0, 0.05) is 12.1 Å². The van der Waals surface area contributed by atoms with Gasteiger partial charge >= 0.3 is 6.09 Å². The summed E-state index contributed by atoms with van der Waals surface area (Å²) in [6.07, 6.45) is -0.0267. The Bertz CT molecular complexity index is 664. The smallest absolute Gasteiger partial charge is 0.408 e. The second-order valence-corrected chi connectivity index (χ2v) is 7.80. The van der Waals surface area contributed by atoms with Crippen molar-refractivity contribution in [3.63, 3.8) is 0 Å².